The van der Waals surface area contributed by atoms with Gasteiger partial charge in [-0.25, -0.2) is 9.18 Å². The minimum absolute atomic E-state index is 0.394. The number of hydrogen-bond donors (Lipinski definition) is 0. The highest BCUT2D eigenvalue weighted by molar-refractivity contribution is 5.87. The van der Waals surface area contributed by atoms with Crippen molar-refractivity contribution in [2.45, 2.75) is 6.10 Å². The van der Waals surface area contributed by atoms with E-state index in [1.54, 1.807) is 42.6 Å². The Labute approximate surface area is 145 Å². The second-order valence-electron chi connectivity index (χ2n) is 5.37. The molecule has 0 unspecified atom stereocenters. The van der Waals surface area contributed by atoms with Gasteiger partial charge < -0.3 is 4.74 Å². The van der Waals surface area contributed by atoms with Gasteiger partial charge in [-0.05, 0) is 35.9 Å². The lowest BCUT2D eigenvalue weighted by atomic mass is 10.1. The number of esters is 1. The summed E-state index contributed by atoms with van der Waals surface area (Å²) in [6, 6.07) is 20.7. The molecule has 4 heteroatoms. The molecular weight excluding hydrogens is 317 g/mol. The van der Waals surface area contributed by atoms with Gasteiger partial charge in [0.15, 0.2) is 6.10 Å². The number of hydrogen-bond acceptors (Lipinski definition) is 3. The van der Waals surface area contributed by atoms with Gasteiger partial charge in [-0.2, -0.15) is 0 Å². The lowest BCUT2D eigenvalue weighted by Crippen LogP contribution is -2.12. The maximum absolute atomic E-state index is 13.6. The van der Waals surface area contributed by atoms with Crippen molar-refractivity contribution in [1.82, 2.24) is 4.98 Å². The molecule has 0 fully saturated rings. The molecule has 2 aromatic carbocycles. The number of pyridine rings is 1. The van der Waals surface area contributed by atoms with E-state index >= 15 is 0 Å². The van der Waals surface area contributed by atoms with E-state index in [2.05, 4.69) is 4.98 Å². The van der Waals surface area contributed by atoms with Crippen molar-refractivity contribution in [1.29, 1.82) is 0 Å². The van der Waals surface area contributed by atoms with E-state index in [1.807, 2.05) is 30.3 Å². The van der Waals surface area contributed by atoms with Crippen LogP contribution in [0, 0.1) is 5.82 Å². The Hall–Kier alpha value is -3.27. The normalized spacial score (nSPS) is 12.0. The molecule has 0 bridgehead atoms. The summed E-state index contributed by atoms with van der Waals surface area (Å²) in [6.45, 7) is 0. The summed E-state index contributed by atoms with van der Waals surface area (Å²) < 4.78 is 19.1. The summed E-state index contributed by atoms with van der Waals surface area (Å²) in [5.74, 6) is -0.918. The number of carbonyl (C=O) groups is 1. The van der Waals surface area contributed by atoms with Crippen molar-refractivity contribution < 1.29 is 13.9 Å². The van der Waals surface area contributed by atoms with Crippen LogP contribution in [0.3, 0.4) is 0 Å². The maximum Gasteiger partial charge on any atom is 0.331 e. The van der Waals surface area contributed by atoms with Crippen LogP contribution in [0.1, 0.15) is 22.9 Å². The van der Waals surface area contributed by atoms with Crippen molar-refractivity contribution in [2.75, 3.05) is 0 Å². The van der Waals surface area contributed by atoms with E-state index in [4.69, 9.17) is 4.74 Å². The predicted molar refractivity (Wildman–Crippen MR) is 94.0 cm³/mol. The molecule has 3 aromatic rings. The van der Waals surface area contributed by atoms with Crippen LogP contribution >= 0.6 is 0 Å². The summed E-state index contributed by atoms with van der Waals surface area (Å²) in [7, 11) is 0. The van der Waals surface area contributed by atoms with E-state index in [0.29, 0.717) is 11.3 Å². The Kier molecular flexibility index (Phi) is 5.32. The van der Waals surface area contributed by atoms with Crippen LogP contribution in [0.25, 0.3) is 6.08 Å². The number of benzene rings is 2. The summed E-state index contributed by atoms with van der Waals surface area (Å²) in [4.78, 5) is 16.5. The number of ether oxygens (including phenoxy) is 1. The molecule has 124 valence electrons. The molecule has 0 saturated carbocycles. The van der Waals surface area contributed by atoms with Gasteiger partial charge in [0, 0.05) is 17.8 Å². The molecule has 1 atom stereocenters. The zero-order valence-electron chi connectivity index (χ0n) is 13.4. The van der Waals surface area contributed by atoms with Crippen LogP contribution in [-0.4, -0.2) is 11.0 Å². The maximum atomic E-state index is 13.6. The molecule has 0 amide bonds. The van der Waals surface area contributed by atoms with Crippen molar-refractivity contribution in [3.63, 3.8) is 0 Å². The third-order valence-corrected chi connectivity index (χ3v) is 3.55. The molecule has 0 aliphatic carbocycles. The Morgan fingerprint density at radius 1 is 1.00 bits per heavy atom. The number of aromatic nitrogens is 1. The van der Waals surface area contributed by atoms with Gasteiger partial charge in [0.25, 0.3) is 0 Å². The number of carbonyl (C=O) groups excluding carboxylic acids is 1. The molecule has 1 aromatic heterocycles. The van der Waals surface area contributed by atoms with Gasteiger partial charge in [-0.15, -0.1) is 0 Å². The monoisotopic (exact) mass is 333 g/mol. The summed E-state index contributed by atoms with van der Waals surface area (Å²) >= 11 is 0. The Morgan fingerprint density at radius 2 is 1.80 bits per heavy atom. The fourth-order valence-corrected chi connectivity index (χ4v) is 2.38. The smallest absolute Gasteiger partial charge is 0.331 e. The molecule has 0 saturated heterocycles. The van der Waals surface area contributed by atoms with Gasteiger partial charge in [0.1, 0.15) is 5.82 Å². The molecule has 3 rings (SSSR count). The lowest BCUT2D eigenvalue weighted by molar-refractivity contribution is -0.141. The Balaban J connectivity index is 1.83. The van der Waals surface area contributed by atoms with Crippen molar-refractivity contribution in [2.24, 2.45) is 0 Å². The predicted octanol–water partition coefficient (Wildman–Crippen LogP) is 4.57. The van der Waals surface area contributed by atoms with Gasteiger partial charge in [-0.3, -0.25) is 4.98 Å². The number of rotatable bonds is 5. The Bertz CT molecular complexity index is 863. The van der Waals surface area contributed by atoms with Crippen LogP contribution in [0.15, 0.2) is 85.1 Å². The van der Waals surface area contributed by atoms with Crippen LogP contribution < -0.4 is 0 Å². The average Bonchev–Trinajstić information content (AvgIpc) is 2.66. The van der Waals surface area contributed by atoms with E-state index in [0.717, 1.165) is 5.56 Å². The quantitative estimate of drug-likeness (QED) is 0.507. The fraction of sp³-hybridized carbons (Fsp3) is 0.0476. The molecule has 0 aliphatic rings. The van der Waals surface area contributed by atoms with Gasteiger partial charge >= 0.3 is 5.97 Å². The van der Waals surface area contributed by atoms with Gasteiger partial charge in [0.05, 0.1) is 5.69 Å². The van der Waals surface area contributed by atoms with Crippen molar-refractivity contribution >= 4 is 12.0 Å². The minimum atomic E-state index is -0.773. The minimum Gasteiger partial charge on any atom is -0.448 e. The second-order valence-corrected chi connectivity index (χ2v) is 5.37. The highest BCUT2D eigenvalue weighted by atomic mass is 19.1. The summed E-state index contributed by atoms with van der Waals surface area (Å²) in [5, 5.41) is 0. The fourth-order valence-electron chi connectivity index (χ4n) is 2.38. The molecule has 0 radical (unpaired) electrons. The standard InChI is InChI=1S/C21H16FNO2/c22-18-10-6-9-17(15-18)21(19-11-4-5-14-23-19)25-20(24)13-12-16-7-2-1-3-8-16/h1-15,21H/b13-12-/t21-/m1/s1. The highest BCUT2D eigenvalue weighted by Crippen LogP contribution is 2.25. The van der Waals surface area contributed by atoms with Crippen molar-refractivity contribution in [3.05, 3.63) is 108 Å². The first-order valence-electron chi connectivity index (χ1n) is 7.82. The molecule has 0 N–H and O–H groups in total. The van der Waals surface area contributed by atoms with E-state index in [9.17, 15) is 9.18 Å². The van der Waals surface area contributed by atoms with E-state index in [-0.39, 0.29) is 0 Å². The largest absolute Gasteiger partial charge is 0.448 e. The molecule has 25 heavy (non-hydrogen) atoms. The first kappa shape index (κ1) is 16.6. The number of nitrogens with zero attached hydrogens (tertiary/aromatic N) is 1. The second kappa shape index (κ2) is 8.02. The Morgan fingerprint density at radius 3 is 2.52 bits per heavy atom. The lowest BCUT2D eigenvalue weighted by Gasteiger charge is -2.17. The first-order chi connectivity index (χ1) is 12.2. The zero-order valence-corrected chi connectivity index (χ0v) is 13.4. The molecule has 3 nitrogen and oxygen atoms in total. The topological polar surface area (TPSA) is 39.2 Å². The third-order valence-electron chi connectivity index (χ3n) is 3.55. The SMILES string of the molecule is O=C(/C=C\c1ccccc1)O[C@H](c1cccc(F)c1)c1ccccn1. The zero-order chi connectivity index (χ0) is 17.5. The summed E-state index contributed by atoms with van der Waals surface area (Å²) in [6.07, 6.45) is 3.85. The van der Waals surface area contributed by atoms with Gasteiger partial charge in [-0.1, -0.05) is 48.5 Å². The highest BCUT2D eigenvalue weighted by Gasteiger charge is 2.19. The summed E-state index contributed by atoms with van der Waals surface area (Å²) in [5.41, 5.74) is 1.95. The molecule has 0 spiro atoms. The van der Waals surface area contributed by atoms with E-state index in [1.165, 1.54) is 18.2 Å². The van der Waals surface area contributed by atoms with Crippen molar-refractivity contribution in [3.8, 4) is 0 Å². The van der Waals surface area contributed by atoms with Gasteiger partial charge in [0.2, 0.25) is 0 Å². The van der Waals surface area contributed by atoms with Crippen LogP contribution in [0.4, 0.5) is 4.39 Å². The van der Waals surface area contributed by atoms with Crippen LogP contribution in [0.2, 0.25) is 0 Å². The first-order valence-corrected chi connectivity index (χ1v) is 7.82. The molecule has 0 aliphatic heterocycles. The van der Waals surface area contributed by atoms with Crippen LogP contribution in [-0.2, 0) is 9.53 Å². The average molecular weight is 333 g/mol. The molecular formula is C21H16FNO2. The van der Waals surface area contributed by atoms with E-state index < -0.39 is 17.9 Å². The third kappa shape index (κ3) is 4.61. The van der Waals surface area contributed by atoms with Crippen LogP contribution in [0.5, 0.6) is 0 Å². The number of halogens is 1. The molecule has 1 heterocycles.